The number of rotatable bonds is 6. The van der Waals surface area contributed by atoms with Gasteiger partial charge in [-0.25, -0.2) is 0 Å². The van der Waals surface area contributed by atoms with Crippen molar-refractivity contribution in [1.29, 1.82) is 0 Å². The van der Waals surface area contributed by atoms with E-state index >= 15 is 0 Å². The smallest absolute Gasteiger partial charge is 0.223 e. The maximum Gasteiger partial charge on any atom is 0.223 e. The summed E-state index contributed by atoms with van der Waals surface area (Å²) < 4.78 is 4.99. The van der Waals surface area contributed by atoms with Crippen molar-refractivity contribution in [1.82, 2.24) is 5.32 Å². The van der Waals surface area contributed by atoms with E-state index in [1.807, 2.05) is 0 Å². The molecule has 0 heterocycles. The molecule has 1 aliphatic rings. The molecule has 15 heavy (non-hydrogen) atoms. The van der Waals surface area contributed by atoms with Gasteiger partial charge in [-0.1, -0.05) is 12.8 Å². The van der Waals surface area contributed by atoms with E-state index in [4.69, 9.17) is 9.84 Å². The number of aliphatic hydroxyl groups excluding tert-OH is 1. The van der Waals surface area contributed by atoms with Gasteiger partial charge in [0.05, 0.1) is 12.6 Å². The van der Waals surface area contributed by atoms with Gasteiger partial charge in [-0.3, -0.25) is 4.79 Å². The fourth-order valence-corrected chi connectivity index (χ4v) is 2.06. The van der Waals surface area contributed by atoms with Gasteiger partial charge in [-0.15, -0.1) is 0 Å². The van der Waals surface area contributed by atoms with Crippen LogP contribution in [0.3, 0.4) is 0 Å². The average Bonchev–Trinajstić information content (AvgIpc) is 2.71. The zero-order valence-electron chi connectivity index (χ0n) is 9.37. The maximum atomic E-state index is 11.8. The summed E-state index contributed by atoms with van der Waals surface area (Å²) >= 11 is 0. The molecule has 88 valence electrons. The fraction of sp³-hybridized carbons (Fsp3) is 0.909. The van der Waals surface area contributed by atoms with Gasteiger partial charge in [0.2, 0.25) is 5.91 Å². The number of carbonyl (C=O) groups excluding carboxylic acids is 1. The lowest BCUT2D eigenvalue weighted by atomic mass is 10.1. The van der Waals surface area contributed by atoms with Gasteiger partial charge in [0, 0.05) is 19.6 Å². The second-order valence-corrected chi connectivity index (χ2v) is 4.15. The van der Waals surface area contributed by atoms with Crippen molar-refractivity contribution in [3.8, 4) is 0 Å². The quantitative estimate of drug-likeness (QED) is 0.685. The normalized spacial score (nSPS) is 19.1. The lowest BCUT2D eigenvalue weighted by molar-refractivity contribution is -0.126. The summed E-state index contributed by atoms with van der Waals surface area (Å²) in [7, 11) is 1.60. The lowest BCUT2D eigenvalue weighted by Crippen LogP contribution is -2.41. The van der Waals surface area contributed by atoms with E-state index in [-0.39, 0.29) is 24.5 Å². The molecule has 0 aromatic carbocycles. The Morgan fingerprint density at radius 1 is 1.53 bits per heavy atom. The van der Waals surface area contributed by atoms with Crippen LogP contribution in [0.25, 0.3) is 0 Å². The SMILES string of the molecule is COCC(CCO)NC(=O)C1CCCC1. The third-order valence-electron chi connectivity index (χ3n) is 2.92. The van der Waals surface area contributed by atoms with Gasteiger partial charge < -0.3 is 15.2 Å². The fourth-order valence-electron chi connectivity index (χ4n) is 2.06. The van der Waals surface area contributed by atoms with Gasteiger partial charge in [-0.05, 0) is 19.3 Å². The molecule has 1 aliphatic carbocycles. The van der Waals surface area contributed by atoms with Gasteiger partial charge >= 0.3 is 0 Å². The third kappa shape index (κ3) is 4.18. The summed E-state index contributed by atoms with van der Waals surface area (Å²) in [6, 6.07) is -0.0481. The predicted molar refractivity (Wildman–Crippen MR) is 57.5 cm³/mol. The van der Waals surface area contributed by atoms with Crippen molar-refractivity contribution in [3.05, 3.63) is 0 Å². The van der Waals surface area contributed by atoms with Crippen LogP contribution in [0.1, 0.15) is 32.1 Å². The van der Waals surface area contributed by atoms with Gasteiger partial charge in [0.15, 0.2) is 0 Å². The van der Waals surface area contributed by atoms with E-state index in [9.17, 15) is 4.79 Å². The molecule has 1 saturated carbocycles. The highest BCUT2D eigenvalue weighted by Gasteiger charge is 2.24. The molecule has 1 atom stereocenters. The topological polar surface area (TPSA) is 58.6 Å². The Bertz CT molecular complexity index is 184. The first-order valence-electron chi connectivity index (χ1n) is 5.68. The van der Waals surface area contributed by atoms with Crippen LogP contribution in [0.15, 0.2) is 0 Å². The van der Waals surface area contributed by atoms with Crippen molar-refractivity contribution >= 4 is 5.91 Å². The minimum atomic E-state index is -0.0481. The first kappa shape index (κ1) is 12.5. The third-order valence-corrected chi connectivity index (χ3v) is 2.92. The molecule has 0 saturated heterocycles. The summed E-state index contributed by atoms with van der Waals surface area (Å²) in [6.45, 7) is 0.554. The van der Waals surface area contributed by atoms with E-state index in [1.54, 1.807) is 7.11 Å². The molecule has 2 N–H and O–H groups in total. The minimum absolute atomic E-state index is 0.0481. The average molecular weight is 215 g/mol. The Balaban J connectivity index is 2.31. The van der Waals surface area contributed by atoms with Crippen molar-refractivity contribution in [2.24, 2.45) is 5.92 Å². The van der Waals surface area contributed by atoms with Crippen LogP contribution < -0.4 is 5.32 Å². The maximum absolute atomic E-state index is 11.8. The molecule has 1 unspecified atom stereocenters. The second-order valence-electron chi connectivity index (χ2n) is 4.15. The Hall–Kier alpha value is -0.610. The highest BCUT2D eigenvalue weighted by atomic mass is 16.5. The number of nitrogens with one attached hydrogen (secondary N) is 1. The summed E-state index contributed by atoms with van der Waals surface area (Å²) in [5.74, 6) is 0.311. The molecule has 0 aliphatic heterocycles. The Morgan fingerprint density at radius 3 is 2.73 bits per heavy atom. The van der Waals surface area contributed by atoms with E-state index in [1.165, 1.54) is 0 Å². The van der Waals surface area contributed by atoms with Crippen LogP contribution in [-0.2, 0) is 9.53 Å². The Labute approximate surface area is 91.0 Å². The van der Waals surface area contributed by atoms with Crippen molar-refractivity contribution in [3.63, 3.8) is 0 Å². The zero-order chi connectivity index (χ0) is 11.1. The molecule has 0 bridgehead atoms. The van der Waals surface area contributed by atoms with E-state index in [0.717, 1.165) is 25.7 Å². The number of aliphatic hydroxyl groups is 1. The van der Waals surface area contributed by atoms with Crippen molar-refractivity contribution in [2.75, 3.05) is 20.3 Å². The van der Waals surface area contributed by atoms with Gasteiger partial charge in [0.1, 0.15) is 0 Å². The largest absolute Gasteiger partial charge is 0.396 e. The molecule has 1 rings (SSSR count). The highest BCUT2D eigenvalue weighted by Crippen LogP contribution is 2.24. The Kier molecular flexibility index (Phi) is 5.65. The number of ether oxygens (including phenoxy) is 1. The van der Waals surface area contributed by atoms with Crippen LogP contribution >= 0.6 is 0 Å². The number of carbonyl (C=O) groups is 1. The monoisotopic (exact) mass is 215 g/mol. The number of amides is 1. The van der Waals surface area contributed by atoms with Gasteiger partial charge in [-0.2, -0.15) is 0 Å². The van der Waals surface area contributed by atoms with Crippen LogP contribution in [0, 0.1) is 5.92 Å². The summed E-state index contributed by atoms with van der Waals surface area (Å²) in [5, 5.41) is 11.8. The van der Waals surface area contributed by atoms with Crippen molar-refractivity contribution in [2.45, 2.75) is 38.1 Å². The van der Waals surface area contributed by atoms with Crippen molar-refractivity contribution < 1.29 is 14.6 Å². The summed E-state index contributed by atoms with van der Waals surface area (Å²) in [5.41, 5.74) is 0. The van der Waals surface area contributed by atoms with Crippen LogP contribution in [0.2, 0.25) is 0 Å². The lowest BCUT2D eigenvalue weighted by Gasteiger charge is -2.19. The number of hydrogen-bond acceptors (Lipinski definition) is 3. The molecule has 4 nitrogen and oxygen atoms in total. The molecule has 0 aromatic heterocycles. The molecule has 4 heteroatoms. The highest BCUT2D eigenvalue weighted by molar-refractivity contribution is 5.79. The van der Waals surface area contributed by atoms with Crippen LogP contribution in [0.5, 0.6) is 0 Å². The molecular formula is C11H21NO3. The number of methoxy groups -OCH3 is 1. The van der Waals surface area contributed by atoms with Crippen LogP contribution in [-0.4, -0.2) is 37.4 Å². The zero-order valence-corrected chi connectivity index (χ0v) is 9.37. The minimum Gasteiger partial charge on any atom is -0.396 e. The first-order chi connectivity index (χ1) is 7.27. The second kappa shape index (κ2) is 6.80. The van der Waals surface area contributed by atoms with Gasteiger partial charge in [0.25, 0.3) is 0 Å². The standard InChI is InChI=1S/C11H21NO3/c1-15-8-10(6-7-13)12-11(14)9-4-2-3-5-9/h9-10,13H,2-8H2,1H3,(H,12,14). The summed E-state index contributed by atoms with van der Waals surface area (Å²) in [4.78, 5) is 11.8. The first-order valence-corrected chi connectivity index (χ1v) is 5.68. The summed E-state index contributed by atoms with van der Waals surface area (Å²) in [6.07, 6.45) is 4.89. The van der Waals surface area contributed by atoms with E-state index in [0.29, 0.717) is 13.0 Å². The molecule has 1 amide bonds. The van der Waals surface area contributed by atoms with E-state index in [2.05, 4.69) is 5.32 Å². The molecule has 1 fully saturated rings. The van der Waals surface area contributed by atoms with E-state index < -0.39 is 0 Å². The number of hydrogen-bond donors (Lipinski definition) is 2. The molecular weight excluding hydrogens is 194 g/mol. The van der Waals surface area contributed by atoms with Crippen LogP contribution in [0.4, 0.5) is 0 Å². The molecule has 0 radical (unpaired) electrons. The molecule has 0 spiro atoms. The molecule has 0 aromatic rings. The Morgan fingerprint density at radius 2 is 2.20 bits per heavy atom. The predicted octanol–water partition coefficient (Wildman–Crippen LogP) is 0.690.